The number of aromatic hydroxyl groups is 1. The van der Waals surface area contributed by atoms with Gasteiger partial charge < -0.3 is 15.6 Å². The highest BCUT2D eigenvalue weighted by molar-refractivity contribution is 6.30. The van der Waals surface area contributed by atoms with Crippen LogP contribution in [0.4, 0.5) is 10.2 Å². The summed E-state index contributed by atoms with van der Waals surface area (Å²) in [6.45, 7) is 4.07. The number of halogens is 2. The number of rotatable bonds is 7. The first kappa shape index (κ1) is 25.9. The lowest BCUT2D eigenvalue weighted by atomic mass is 9.91. The summed E-state index contributed by atoms with van der Waals surface area (Å²) in [5.74, 6) is -0.510. The van der Waals surface area contributed by atoms with Gasteiger partial charge in [0.15, 0.2) is 5.65 Å². The monoisotopic (exact) mass is 543 g/mol. The van der Waals surface area contributed by atoms with Crippen molar-refractivity contribution in [3.05, 3.63) is 106 Å². The number of fused-ring (bicyclic) bond motifs is 1. The van der Waals surface area contributed by atoms with Crippen molar-refractivity contribution in [2.45, 2.75) is 19.9 Å². The Morgan fingerprint density at radius 1 is 1.13 bits per heavy atom. The van der Waals surface area contributed by atoms with Crippen molar-refractivity contribution in [1.29, 1.82) is 0 Å². The Kier molecular flexibility index (Phi) is 7.00. The van der Waals surface area contributed by atoms with Crippen molar-refractivity contribution < 1.29 is 19.0 Å². The highest BCUT2D eigenvalue weighted by Crippen LogP contribution is 2.39. The first-order valence-electron chi connectivity index (χ1n) is 11.9. The number of phenolic OH excluding ortho intramolecular Hbond substituents is 1. The predicted octanol–water partition coefficient (Wildman–Crippen LogP) is 6.08. The van der Waals surface area contributed by atoms with E-state index in [-0.39, 0.29) is 28.6 Å². The Morgan fingerprint density at radius 3 is 2.59 bits per heavy atom. The molecule has 0 spiro atoms. The van der Waals surface area contributed by atoms with Gasteiger partial charge in [-0.15, -0.1) is 0 Å². The number of carbonyl (C=O) groups is 1. The van der Waals surface area contributed by atoms with E-state index in [4.69, 9.17) is 27.2 Å². The van der Waals surface area contributed by atoms with E-state index in [1.165, 1.54) is 23.1 Å². The quantitative estimate of drug-likeness (QED) is 0.189. The van der Waals surface area contributed by atoms with Crippen molar-refractivity contribution in [2.75, 3.05) is 5.73 Å². The molecule has 3 aromatic carbocycles. The highest BCUT2D eigenvalue weighted by Gasteiger charge is 2.27. The number of benzene rings is 3. The van der Waals surface area contributed by atoms with Gasteiger partial charge in [0.05, 0.1) is 5.39 Å². The Balaban J connectivity index is 1.81. The molecule has 0 radical (unpaired) electrons. The largest absolute Gasteiger partial charge is 0.508 e. The number of ether oxygens (including phenoxy) is 1. The molecule has 8 nitrogen and oxygen atoms in total. The summed E-state index contributed by atoms with van der Waals surface area (Å²) >= 11 is 6.24. The average molecular weight is 544 g/mol. The maximum absolute atomic E-state index is 14.2. The van der Waals surface area contributed by atoms with Crippen LogP contribution in [0.1, 0.15) is 29.7 Å². The van der Waals surface area contributed by atoms with E-state index < -0.39 is 11.9 Å². The van der Waals surface area contributed by atoms with Crippen LogP contribution in [-0.2, 0) is 9.53 Å². The number of hydrogen-bond donors (Lipinski definition) is 2. The molecule has 0 saturated carbocycles. The van der Waals surface area contributed by atoms with Crippen molar-refractivity contribution >= 4 is 40.5 Å². The number of anilines is 1. The van der Waals surface area contributed by atoms with Gasteiger partial charge in [-0.25, -0.2) is 19.0 Å². The molecule has 0 aliphatic carbocycles. The predicted molar refractivity (Wildman–Crippen MR) is 147 cm³/mol. The van der Waals surface area contributed by atoms with E-state index in [1.54, 1.807) is 13.0 Å². The van der Waals surface area contributed by atoms with Crippen LogP contribution >= 0.6 is 11.6 Å². The van der Waals surface area contributed by atoms with Crippen molar-refractivity contribution in [3.8, 4) is 17.0 Å². The van der Waals surface area contributed by atoms with Crippen LogP contribution in [0, 0.1) is 12.7 Å². The van der Waals surface area contributed by atoms with Crippen LogP contribution in [0.5, 0.6) is 5.75 Å². The second kappa shape index (κ2) is 10.5. The van der Waals surface area contributed by atoms with Crippen molar-refractivity contribution in [1.82, 2.24) is 19.7 Å². The van der Waals surface area contributed by atoms with Crippen LogP contribution in [0.3, 0.4) is 0 Å². The lowest BCUT2D eigenvalue weighted by molar-refractivity contribution is -0.125. The maximum Gasteiger partial charge on any atom is 0.298 e. The molecule has 2 heterocycles. The number of allylic oxidation sites excluding steroid dienone is 1. The third-order valence-electron chi connectivity index (χ3n) is 6.36. The number of aromatic nitrogens is 4. The van der Waals surface area contributed by atoms with Crippen LogP contribution in [0.25, 0.3) is 27.9 Å². The summed E-state index contributed by atoms with van der Waals surface area (Å²) in [7, 11) is 0. The SMILES string of the molecule is Cc1cc(Cl)ccc1/C(=C(\OC=O)C(C)n1nc(-c2cc(O)cc(F)c2)c2c(N)ncnc21)c1ccccc1. The van der Waals surface area contributed by atoms with Gasteiger partial charge in [0.2, 0.25) is 0 Å². The van der Waals surface area contributed by atoms with Gasteiger partial charge >= 0.3 is 0 Å². The number of nitrogens with zero attached hydrogens (tertiary/aromatic N) is 4. The van der Waals surface area contributed by atoms with Gasteiger partial charge in [0, 0.05) is 22.2 Å². The molecule has 2 aromatic heterocycles. The molecule has 5 rings (SSSR count). The Bertz CT molecular complexity index is 1720. The second-order valence-electron chi connectivity index (χ2n) is 8.90. The summed E-state index contributed by atoms with van der Waals surface area (Å²) in [5, 5.41) is 15.7. The van der Waals surface area contributed by atoms with E-state index in [1.807, 2.05) is 49.4 Å². The Morgan fingerprint density at radius 2 is 1.90 bits per heavy atom. The molecule has 0 bridgehead atoms. The fraction of sp³-hybridized carbons (Fsp3) is 0.103. The molecule has 1 unspecified atom stereocenters. The maximum atomic E-state index is 14.2. The molecule has 0 aliphatic rings. The number of aryl methyl sites for hydroxylation is 1. The first-order chi connectivity index (χ1) is 18.8. The minimum atomic E-state index is -0.701. The van der Waals surface area contributed by atoms with Gasteiger partial charge in [-0.2, -0.15) is 5.10 Å². The van der Waals surface area contributed by atoms with Crippen molar-refractivity contribution in [2.24, 2.45) is 0 Å². The summed E-state index contributed by atoms with van der Waals surface area (Å²) in [5.41, 5.74) is 10.2. The summed E-state index contributed by atoms with van der Waals surface area (Å²) < 4.78 is 21.4. The van der Waals surface area contributed by atoms with Crippen LogP contribution in [0.2, 0.25) is 5.02 Å². The van der Waals surface area contributed by atoms with Gasteiger partial charge in [0.25, 0.3) is 6.47 Å². The normalized spacial score (nSPS) is 12.7. The fourth-order valence-corrected chi connectivity index (χ4v) is 4.88. The van der Waals surface area contributed by atoms with Gasteiger partial charge in [-0.05, 0) is 54.8 Å². The number of hydrogen-bond acceptors (Lipinski definition) is 7. The molecule has 1 atom stereocenters. The van der Waals surface area contributed by atoms with E-state index >= 15 is 0 Å². The first-order valence-corrected chi connectivity index (χ1v) is 12.3. The number of nitrogen functional groups attached to an aromatic ring is 1. The van der Waals surface area contributed by atoms with E-state index in [2.05, 4.69) is 9.97 Å². The molecule has 39 heavy (non-hydrogen) atoms. The third kappa shape index (κ3) is 4.92. The lowest BCUT2D eigenvalue weighted by Gasteiger charge is -2.21. The zero-order chi connectivity index (χ0) is 27.7. The van der Waals surface area contributed by atoms with E-state index in [0.29, 0.717) is 28.1 Å². The van der Waals surface area contributed by atoms with E-state index in [9.17, 15) is 14.3 Å². The van der Waals surface area contributed by atoms with Crippen molar-refractivity contribution in [3.63, 3.8) is 0 Å². The Hall–Kier alpha value is -4.76. The van der Waals surface area contributed by atoms with Gasteiger partial charge in [0.1, 0.15) is 41.2 Å². The molecule has 10 heteroatoms. The summed E-state index contributed by atoms with van der Waals surface area (Å²) in [4.78, 5) is 20.3. The summed E-state index contributed by atoms with van der Waals surface area (Å²) in [6, 6.07) is 17.8. The van der Waals surface area contributed by atoms with E-state index in [0.717, 1.165) is 22.8 Å². The van der Waals surface area contributed by atoms with Gasteiger partial charge in [-0.1, -0.05) is 48.0 Å². The minimum Gasteiger partial charge on any atom is -0.508 e. The Labute approximate surface area is 228 Å². The average Bonchev–Trinajstić information content (AvgIpc) is 3.30. The smallest absolute Gasteiger partial charge is 0.298 e. The third-order valence-corrected chi connectivity index (χ3v) is 6.60. The molecule has 0 aliphatic heterocycles. The van der Waals surface area contributed by atoms with Crippen LogP contribution in [-0.4, -0.2) is 31.3 Å². The molecule has 0 amide bonds. The zero-order valence-electron chi connectivity index (χ0n) is 21.0. The molecule has 0 saturated heterocycles. The van der Waals surface area contributed by atoms with Gasteiger partial charge in [-0.3, -0.25) is 4.79 Å². The van der Waals surface area contributed by atoms with Crippen LogP contribution < -0.4 is 5.73 Å². The minimum absolute atomic E-state index is 0.121. The standard InChI is InChI=1S/C29H23ClFN5O3/c1-16-10-20(30)8-9-23(16)24(18-6-4-3-5-7-18)27(39-15-37)17(2)36-29-25(28(32)33-14-34-29)26(35-36)19-11-21(31)13-22(38)12-19/h3-15,17,38H,1-2H3,(H2,32,33,34)/b27-24-. The van der Waals surface area contributed by atoms with Crippen LogP contribution in [0.15, 0.2) is 78.8 Å². The second-order valence-corrected chi connectivity index (χ2v) is 9.34. The number of nitrogens with two attached hydrogens (primary N) is 1. The lowest BCUT2D eigenvalue weighted by Crippen LogP contribution is -2.15. The zero-order valence-corrected chi connectivity index (χ0v) is 21.7. The number of carbonyl (C=O) groups excluding carboxylic acids is 1. The molecular weight excluding hydrogens is 521 g/mol. The molecule has 5 aromatic rings. The molecule has 0 fully saturated rings. The molecular formula is C29H23ClFN5O3. The fourth-order valence-electron chi connectivity index (χ4n) is 4.65. The molecule has 3 N–H and O–H groups in total. The number of phenols is 1. The summed E-state index contributed by atoms with van der Waals surface area (Å²) in [6.07, 6.45) is 1.29. The topological polar surface area (TPSA) is 116 Å². The highest BCUT2D eigenvalue weighted by atomic mass is 35.5. The molecule has 196 valence electrons.